The van der Waals surface area contributed by atoms with Crippen molar-refractivity contribution in [2.75, 3.05) is 24.4 Å². The number of fused-ring (bicyclic) bond motifs is 1. The molecule has 0 saturated heterocycles. The van der Waals surface area contributed by atoms with Crippen LogP contribution in [0.25, 0.3) is 10.1 Å². The first kappa shape index (κ1) is 18.7. The highest BCUT2D eigenvalue weighted by molar-refractivity contribution is 7.21. The first-order valence-electron chi connectivity index (χ1n) is 8.53. The van der Waals surface area contributed by atoms with E-state index in [1.54, 1.807) is 24.3 Å². The summed E-state index contributed by atoms with van der Waals surface area (Å²) < 4.78 is 11.5. The van der Waals surface area contributed by atoms with Gasteiger partial charge in [0, 0.05) is 21.5 Å². The number of carbonyl (C=O) groups excluding carboxylic acids is 2. The molecule has 0 atom stereocenters. The van der Waals surface area contributed by atoms with Crippen molar-refractivity contribution in [3.63, 3.8) is 0 Å². The second-order valence-electron chi connectivity index (χ2n) is 5.76. The van der Waals surface area contributed by atoms with Crippen molar-refractivity contribution < 1.29 is 19.1 Å². The molecule has 6 nitrogen and oxygen atoms in total. The van der Waals surface area contributed by atoms with Crippen LogP contribution in [0, 0.1) is 0 Å². The summed E-state index contributed by atoms with van der Waals surface area (Å²) in [6, 6.07) is 14.3. The largest absolute Gasteiger partial charge is 0.491 e. The minimum atomic E-state index is -0.432. The molecular weight excluding hydrogens is 364 g/mol. The van der Waals surface area contributed by atoms with Gasteiger partial charge in [-0.3, -0.25) is 0 Å². The van der Waals surface area contributed by atoms with Crippen LogP contribution >= 0.6 is 11.3 Å². The van der Waals surface area contributed by atoms with E-state index in [1.807, 2.05) is 31.2 Å². The third kappa shape index (κ3) is 4.38. The van der Waals surface area contributed by atoms with Crippen LogP contribution in [0.3, 0.4) is 0 Å². The van der Waals surface area contributed by atoms with Crippen LogP contribution in [-0.2, 0) is 4.74 Å². The molecule has 2 amide bonds. The van der Waals surface area contributed by atoms with Gasteiger partial charge >= 0.3 is 12.0 Å². The summed E-state index contributed by atoms with van der Waals surface area (Å²) in [4.78, 5) is 24.7. The Kier molecular flexibility index (Phi) is 5.93. The molecule has 0 fully saturated rings. The molecule has 0 aliphatic rings. The minimum Gasteiger partial charge on any atom is -0.491 e. The Bertz CT molecular complexity index is 953. The molecule has 0 aliphatic carbocycles. The van der Waals surface area contributed by atoms with E-state index in [0.717, 1.165) is 16.5 Å². The zero-order valence-corrected chi connectivity index (χ0v) is 15.9. The van der Waals surface area contributed by atoms with E-state index >= 15 is 0 Å². The normalized spacial score (nSPS) is 10.4. The summed E-state index contributed by atoms with van der Waals surface area (Å²) in [6.45, 7) is 2.48. The zero-order chi connectivity index (χ0) is 19.2. The fraction of sp³-hybridized carbons (Fsp3) is 0.200. The van der Waals surface area contributed by atoms with Crippen molar-refractivity contribution in [3.05, 3.63) is 53.4 Å². The van der Waals surface area contributed by atoms with Gasteiger partial charge < -0.3 is 20.1 Å². The summed E-state index contributed by atoms with van der Waals surface area (Å²) in [5, 5.41) is 6.34. The molecule has 3 rings (SSSR count). The second kappa shape index (κ2) is 8.55. The smallest absolute Gasteiger partial charge is 0.351 e. The molecule has 0 saturated carbocycles. The van der Waals surface area contributed by atoms with Crippen molar-refractivity contribution in [1.82, 2.24) is 0 Å². The standard InChI is InChI=1S/C20H20N2O4S/c1-3-11-26-17-15-12-14(9-10-16(15)27-18(17)19(23)25-2)22-20(24)21-13-7-5-4-6-8-13/h4-10,12H,3,11H2,1-2H3,(H2,21,22,24). The van der Waals surface area contributed by atoms with Crippen LogP contribution in [0.1, 0.15) is 23.0 Å². The summed E-state index contributed by atoms with van der Waals surface area (Å²) >= 11 is 1.31. The Morgan fingerprint density at radius 3 is 2.48 bits per heavy atom. The third-order valence-corrected chi connectivity index (χ3v) is 4.89. The quantitative estimate of drug-likeness (QED) is 0.578. The van der Waals surface area contributed by atoms with Gasteiger partial charge in [0.1, 0.15) is 0 Å². The monoisotopic (exact) mass is 384 g/mol. The van der Waals surface area contributed by atoms with E-state index in [1.165, 1.54) is 18.4 Å². The minimum absolute atomic E-state index is 0.347. The van der Waals surface area contributed by atoms with E-state index in [4.69, 9.17) is 9.47 Å². The van der Waals surface area contributed by atoms with Crippen molar-refractivity contribution >= 4 is 44.8 Å². The van der Waals surface area contributed by atoms with Crippen LogP contribution in [0.4, 0.5) is 16.2 Å². The number of benzene rings is 2. The number of thiophene rings is 1. The lowest BCUT2D eigenvalue weighted by Crippen LogP contribution is -2.19. The first-order chi connectivity index (χ1) is 13.1. The molecule has 0 bridgehead atoms. The molecule has 7 heteroatoms. The number of ether oxygens (including phenoxy) is 2. The lowest BCUT2D eigenvalue weighted by Gasteiger charge is -2.09. The lowest BCUT2D eigenvalue weighted by atomic mass is 10.2. The van der Waals surface area contributed by atoms with E-state index in [9.17, 15) is 9.59 Å². The predicted molar refractivity (Wildman–Crippen MR) is 108 cm³/mol. The molecule has 0 spiro atoms. The molecule has 1 heterocycles. The average Bonchev–Trinajstić information content (AvgIpc) is 3.04. The molecule has 140 valence electrons. The average molecular weight is 384 g/mol. The first-order valence-corrected chi connectivity index (χ1v) is 9.34. The highest BCUT2D eigenvalue weighted by atomic mass is 32.1. The lowest BCUT2D eigenvalue weighted by molar-refractivity contribution is 0.0602. The van der Waals surface area contributed by atoms with Crippen LogP contribution in [-0.4, -0.2) is 25.7 Å². The maximum atomic E-state index is 12.2. The number of hydrogen-bond acceptors (Lipinski definition) is 5. The Labute approximate surface area is 161 Å². The van der Waals surface area contributed by atoms with E-state index < -0.39 is 5.97 Å². The number of hydrogen-bond donors (Lipinski definition) is 2. The number of amides is 2. The SMILES string of the molecule is CCCOc1c(C(=O)OC)sc2ccc(NC(=O)Nc3ccccc3)cc12. The van der Waals surface area contributed by atoms with Crippen molar-refractivity contribution in [1.29, 1.82) is 0 Å². The van der Waals surface area contributed by atoms with E-state index in [-0.39, 0.29) is 6.03 Å². The van der Waals surface area contributed by atoms with Crippen molar-refractivity contribution in [2.24, 2.45) is 0 Å². The molecule has 0 radical (unpaired) electrons. The van der Waals surface area contributed by atoms with Gasteiger partial charge in [-0.15, -0.1) is 11.3 Å². The van der Waals surface area contributed by atoms with E-state index in [2.05, 4.69) is 10.6 Å². The van der Waals surface area contributed by atoms with Crippen LogP contribution in [0.2, 0.25) is 0 Å². The van der Waals surface area contributed by atoms with E-state index in [0.29, 0.717) is 28.6 Å². The summed E-state index contributed by atoms with van der Waals surface area (Å²) in [6.07, 6.45) is 0.815. The number of anilines is 2. The highest BCUT2D eigenvalue weighted by Gasteiger charge is 2.21. The number of rotatable bonds is 6. The fourth-order valence-electron chi connectivity index (χ4n) is 2.54. The third-order valence-electron chi connectivity index (χ3n) is 3.75. The Balaban J connectivity index is 1.86. The summed E-state index contributed by atoms with van der Waals surface area (Å²) in [7, 11) is 1.34. The predicted octanol–water partition coefficient (Wildman–Crippen LogP) is 5.12. The number of urea groups is 1. The summed E-state index contributed by atoms with van der Waals surface area (Å²) in [5.74, 6) is 0.0643. The number of methoxy groups -OCH3 is 1. The number of nitrogens with one attached hydrogen (secondary N) is 2. The van der Waals surface area contributed by atoms with Gasteiger partial charge in [-0.1, -0.05) is 25.1 Å². The topological polar surface area (TPSA) is 76.7 Å². The summed E-state index contributed by atoms with van der Waals surface area (Å²) in [5.41, 5.74) is 1.30. The Hall–Kier alpha value is -3.06. The van der Waals surface area contributed by atoms with Gasteiger partial charge in [0.15, 0.2) is 10.6 Å². The maximum absolute atomic E-state index is 12.2. The van der Waals surface area contributed by atoms with Gasteiger partial charge in [-0.25, -0.2) is 9.59 Å². The molecule has 0 aliphatic heterocycles. The van der Waals surface area contributed by atoms with Gasteiger partial charge in [-0.05, 0) is 36.8 Å². The maximum Gasteiger partial charge on any atom is 0.351 e. The van der Waals surface area contributed by atoms with Crippen molar-refractivity contribution in [2.45, 2.75) is 13.3 Å². The molecule has 3 aromatic rings. The van der Waals surface area contributed by atoms with Gasteiger partial charge in [0.05, 0.1) is 13.7 Å². The Morgan fingerprint density at radius 1 is 1.04 bits per heavy atom. The molecule has 2 N–H and O–H groups in total. The van der Waals surface area contributed by atoms with Crippen LogP contribution in [0.15, 0.2) is 48.5 Å². The Morgan fingerprint density at radius 2 is 1.78 bits per heavy atom. The number of para-hydroxylation sites is 1. The van der Waals surface area contributed by atoms with Gasteiger partial charge in [0.25, 0.3) is 0 Å². The molecule has 2 aromatic carbocycles. The van der Waals surface area contributed by atoms with Crippen molar-refractivity contribution in [3.8, 4) is 5.75 Å². The molecular formula is C20H20N2O4S. The highest BCUT2D eigenvalue weighted by Crippen LogP contribution is 2.39. The number of esters is 1. The zero-order valence-electron chi connectivity index (χ0n) is 15.1. The molecule has 27 heavy (non-hydrogen) atoms. The fourth-order valence-corrected chi connectivity index (χ4v) is 3.59. The van der Waals surface area contributed by atoms with Gasteiger partial charge in [0.2, 0.25) is 0 Å². The van der Waals surface area contributed by atoms with Crippen LogP contribution < -0.4 is 15.4 Å². The van der Waals surface area contributed by atoms with Crippen LogP contribution in [0.5, 0.6) is 5.75 Å². The second-order valence-corrected chi connectivity index (χ2v) is 6.81. The molecule has 0 unspecified atom stereocenters. The number of carbonyl (C=O) groups is 2. The molecule has 1 aromatic heterocycles. The van der Waals surface area contributed by atoms with Gasteiger partial charge in [-0.2, -0.15) is 0 Å².